The molecular weight excluding hydrogens is 340 g/mol. The van der Waals surface area contributed by atoms with Crippen molar-refractivity contribution in [2.45, 2.75) is 6.42 Å². The van der Waals surface area contributed by atoms with Crippen LogP contribution < -0.4 is 9.80 Å². The first-order chi connectivity index (χ1) is 13.2. The number of hydrogen-bond donors (Lipinski definition) is 1. The van der Waals surface area contributed by atoms with Gasteiger partial charge >= 0.3 is 0 Å². The van der Waals surface area contributed by atoms with E-state index in [0.717, 1.165) is 37.6 Å². The van der Waals surface area contributed by atoms with Gasteiger partial charge in [0.15, 0.2) is 0 Å². The van der Waals surface area contributed by atoms with Crippen LogP contribution in [0.15, 0.2) is 54.6 Å². The van der Waals surface area contributed by atoms with Crippen LogP contribution in [0.2, 0.25) is 0 Å². The second kappa shape index (κ2) is 9.06. The number of aromatic hydroxyl groups is 1. The van der Waals surface area contributed by atoms with Crippen LogP contribution in [0.4, 0.5) is 11.4 Å². The molecule has 1 N–H and O–H groups in total. The lowest BCUT2D eigenvalue weighted by Gasteiger charge is -2.36. The summed E-state index contributed by atoms with van der Waals surface area (Å²) in [6, 6.07) is 18.9. The number of amides is 1. The largest absolute Gasteiger partial charge is 0.508 e. The molecule has 6 heteroatoms. The number of carbonyl (C=O) groups excluding carboxylic acids is 1. The lowest BCUT2D eigenvalue weighted by Crippen LogP contribution is -2.50. The van der Waals surface area contributed by atoms with Crippen molar-refractivity contribution in [3.05, 3.63) is 54.6 Å². The summed E-state index contributed by atoms with van der Waals surface area (Å²) < 4.78 is 0. The van der Waals surface area contributed by atoms with E-state index in [9.17, 15) is 9.90 Å². The second-order valence-corrected chi connectivity index (χ2v) is 6.57. The van der Waals surface area contributed by atoms with Crippen molar-refractivity contribution >= 4 is 17.3 Å². The first kappa shape index (κ1) is 18.7. The second-order valence-electron chi connectivity index (χ2n) is 6.57. The normalized spacial score (nSPS) is 14.6. The molecule has 1 amide bonds. The van der Waals surface area contributed by atoms with E-state index >= 15 is 0 Å². The molecule has 2 aromatic rings. The first-order valence-electron chi connectivity index (χ1n) is 9.16. The molecule has 3 rings (SSSR count). The zero-order valence-electron chi connectivity index (χ0n) is 15.3. The van der Waals surface area contributed by atoms with Crippen molar-refractivity contribution in [1.82, 2.24) is 4.90 Å². The maximum Gasteiger partial charge on any atom is 0.241 e. The van der Waals surface area contributed by atoms with E-state index in [1.807, 2.05) is 42.5 Å². The number of phenols is 1. The molecule has 1 heterocycles. The standard InChI is InChI=1S/C21H24N4O2/c22-11-4-12-25(19-5-2-1-3-6-19)21(27)17-23-13-15-24(16-14-23)18-7-9-20(26)10-8-18/h1-3,5-10,26H,4,12-17H2. The molecule has 1 saturated heterocycles. The molecule has 27 heavy (non-hydrogen) atoms. The monoisotopic (exact) mass is 364 g/mol. The molecule has 2 aromatic carbocycles. The number of rotatable bonds is 6. The van der Waals surface area contributed by atoms with E-state index in [1.165, 1.54) is 0 Å². The maximum atomic E-state index is 12.8. The van der Waals surface area contributed by atoms with Gasteiger partial charge in [0, 0.05) is 44.1 Å². The van der Waals surface area contributed by atoms with E-state index in [4.69, 9.17) is 5.26 Å². The molecule has 140 valence electrons. The topological polar surface area (TPSA) is 70.8 Å². The SMILES string of the molecule is N#CCCN(C(=O)CN1CCN(c2ccc(O)cc2)CC1)c1ccccc1. The van der Waals surface area contributed by atoms with Gasteiger partial charge in [0.25, 0.3) is 0 Å². The number of nitrogens with zero attached hydrogens (tertiary/aromatic N) is 4. The number of hydrogen-bond acceptors (Lipinski definition) is 5. The smallest absolute Gasteiger partial charge is 0.241 e. The molecule has 6 nitrogen and oxygen atoms in total. The number of phenolic OH excluding ortho intramolecular Hbond substituents is 1. The van der Waals surface area contributed by atoms with Gasteiger partial charge in [0.05, 0.1) is 19.0 Å². The van der Waals surface area contributed by atoms with Crippen molar-refractivity contribution < 1.29 is 9.90 Å². The number of nitriles is 1. The molecule has 0 saturated carbocycles. The van der Waals surface area contributed by atoms with E-state index < -0.39 is 0 Å². The minimum Gasteiger partial charge on any atom is -0.508 e. The molecule has 0 aliphatic carbocycles. The molecule has 0 atom stereocenters. The van der Waals surface area contributed by atoms with Crippen molar-refractivity contribution in [2.75, 3.05) is 49.1 Å². The lowest BCUT2D eigenvalue weighted by atomic mass is 10.2. The predicted octanol–water partition coefficient (Wildman–Crippen LogP) is 2.46. The molecule has 1 aliphatic heterocycles. The van der Waals surface area contributed by atoms with Gasteiger partial charge in [-0.25, -0.2) is 0 Å². The molecule has 0 radical (unpaired) electrons. The Labute approximate surface area is 159 Å². The van der Waals surface area contributed by atoms with E-state index in [0.29, 0.717) is 19.5 Å². The van der Waals surface area contributed by atoms with Crippen molar-refractivity contribution in [2.24, 2.45) is 0 Å². The summed E-state index contributed by atoms with van der Waals surface area (Å²) in [7, 11) is 0. The molecular formula is C21H24N4O2. The van der Waals surface area contributed by atoms with Crippen LogP contribution in [0.25, 0.3) is 0 Å². The maximum absolute atomic E-state index is 12.8. The van der Waals surface area contributed by atoms with Gasteiger partial charge in [0.2, 0.25) is 5.91 Å². The Morgan fingerprint density at radius 3 is 2.33 bits per heavy atom. The highest BCUT2D eigenvalue weighted by atomic mass is 16.3. The van der Waals surface area contributed by atoms with Gasteiger partial charge in [-0.2, -0.15) is 5.26 Å². The summed E-state index contributed by atoms with van der Waals surface area (Å²) >= 11 is 0. The highest BCUT2D eigenvalue weighted by molar-refractivity contribution is 5.94. The number of para-hydroxylation sites is 1. The molecule has 0 bridgehead atoms. The van der Waals surface area contributed by atoms with Gasteiger partial charge in [0.1, 0.15) is 5.75 Å². The van der Waals surface area contributed by atoms with Crippen LogP contribution in [0.1, 0.15) is 6.42 Å². The third-order valence-electron chi connectivity index (χ3n) is 4.76. The van der Waals surface area contributed by atoms with Crippen LogP contribution in [0.3, 0.4) is 0 Å². The predicted molar refractivity (Wildman–Crippen MR) is 106 cm³/mol. The third-order valence-corrected chi connectivity index (χ3v) is 4.76. The Balaban J connectivity index is 1.57. The van der Waals surface area contributed by atoms with E-state index in [1.54, 1.807) is 17.0 Å². The van der Waals surface area contributed by atoms with Gasteiger partial charge in [-0.05, 0) is 36.4 Å². The fraction of sp³-hybridized carbons (Fsp3) is 0.333. The van der Waals surface area contributed by atoms with Crippen LogP contribution >= 0.6 is 0 Å². The Morgan fingerprint density at radius 2 is 1.70 bits per heavy atom. The van der Waals surface area contributed by atoms with Crippen molar-refractivity contribution in [3.8, 4) is 11.8 Å². The average Bonchev–Trinajstić information content (AvgIpc) is 2.70. The molecule has 1 aliphatic rings. The van der Waals surface area contributed by atoms with Crippen LogP contribution in [-0.4, -0.2) is 55.2 Å². The summed E-state index contributed by atoms with van der Waals surface area (Å²) in [5.74, 6) is 0.288. The number of piperazine rings is 1. The average molecular weight is 364 g/mol. The summed E-state index contributed by atoms with van der Waals surface area (Å²) in [6.07, 6.45) is 0.315. The highest BCUT2D eigenvalue weighted by Crippen LogP contribution is 2.20. The van der Waals surface area contributed by atoms with E-state index in [2.05, 4.69) is 15.9 Å². The third kappa shape index (κ3) is 4.99. The van der Waals surface area contributed by atoms with E-state index in [-0.39, 0.29) is 11.7 Å². The molecule has 0 spiro atoms. The van der Waals surface area contributed by atoms with Crippen molar-refractivity contribution in [1.29, 1.82) is 5.26 Å². The summed E-state index contributed by atoms with van der Waals surface area (Å²) in [4.78, 5) is 19.0. The quantitative estimate of drug-likeness (QED) is 0.853. The zero-order chi connectivity index (χ0) is 19.1. The molecule has 0 aromatic heterocycles. The Hall–Kier alpha value is -3.04. The first-order valence-corrected chi connectivity index (χ1v) is 9.16. The van der Waals surface area contributed by atoms with Crippen LogP contribution in [-0.2, 0) is 4.79 Å². The summed E-state index contributed by atoms with van der Waals surface area (Å²) in [6.45, 7) is 4.03. The summed E-state index contributed by atoms with van der Waals surface area (Å²) in [5, 5.41) is 18.3. The molecule has 0 unspecified atom stereocenters. The number of anilines is 2. The van der Waals surface area contributed by atoms with Gasteiger partial charge in [-0.1, -0.05) is 18.2 Å². The minimum atomic E-state index is 0.0227. The fourth-order valence-corrected chi connectivity index (χ4v) is 3.27. The fourth-order valence-electron chi connectivity index (χ4n) is 3.27. The van der Waals surface area contributed by atoms with Crippen LogP contribution in [0.5, 0.6) is 5.75 Å². The zero-order valence-corrected chi connectivity index (χ0v) is 15.3. The Morgan fingerprint density at radius 1 is 1.04 bits per heavy atom. The van der Waals surface area contributed by atoms with Gasteiger partial charge in [-0.3, -0.25) is 9.69 Å². The molecule has 1 fully saturated rings. The summed E-state index contributed by atoms with van der Waals surface area (Å²) in [5.41, 5.74) is 1.92. The van der Waals surface area contributed by atoms with Gasteiger partial charge < -0.3 is 14.9 Å². The van der Waals surface area contributed by atoms with Crippen molar-refractivity contribution in [3.63, 3.8) is 0 Å². The number of benzene rings is 2. The van der Waals surface area contributed by atoms with Gasteiger partial charge in [-0.15, -0.1) is 0 Å². The minimum absolute atomic E-state index is 0.0227. The highest BCUT2D eigenvalue weighted by Gasteiger charge is 2.22. The lowest BCUT2D eigenvalue weighted by molar-refractivity contribution is -0.119. The number of carbonyl (C=O) groups is 1. The van der Waals surface area contributed by atoms with Crippen LogP contribution in [0, 0.1) is 11.3 Å². The Bertz CT molecular complexity index is 778. The Kier molecular flexibility index (Phi) is 6.29.